The number of rotatable bonds is 8. The Hall–Kier alpha value is -2.18. The largest absolute Gasteiger partial charge is 0.326 e. The normalized spacial score (nSPS) is 15.8. The second-order valence-corrected chi connectivity index (χ2v) is 12.1. The van der Waals surface area contributed by atoms with Crippen LogP contribution in [0.15, 0.2) is 47.4 Å². The van der Waals surface area contributed by atoms with Crippen LogP contribution in [0.4, 0.5) is 5.69 Å². The number of sulfone groups is 1. The number of nitrogens with one attached hydrogen (secondary N) is 1. The lowest BCUT2D eigenvalue weighted by Gasteiger charge is -2.33. The number of carbonyl (C=O) groups excluding carboxylic acids is 1. The minimum atomic E-state index is -3.21. The fourth-order valence-corrected chi connectivity index (χ4v) is 6.06. The van der Waals surface area contributed by atoms with Crippen molar-refractivity contribution in [1.29, 1.82) is 0 Å². The van der Waals surface area contributed by atoms with E-state index in [1.54, 1.807) is 12.1 Å². The van der Waals surface area contributed by atoms with Gasteiger partial charge in [0.05, 0.1) is 10.6 Å². The minimum absolute atomic E-state index is 0.0395. The first kappa shape index (κ1) is 25.4. The number of hydrogen-bond acceptors (Lipinski definition) is 4. The lowest BCUT2D eigenvalue weighted by Crippen LogP contribution is -2.32. The third-order valence-electron chi connectivity index (χ3n) is 6.34. The monoisotopic (exact) mass is 470 g/mol. The summed E-state index contributed by atoms with van der Waals surface area (Å²) in [5, 5.41) is 3.02. The van der Waals surface area contributed by atoms with Gasteiger partial charge in [-0.2, -0.15) is 0 Å². The topological polar surface area (TPSA) is 66.5 Å². The van der Waals surface area contributed by atoms with Gasteiger partial charge in [-0.15, -0.1) is 0 Å². The van der Waals surface area contributed by atoms with Crippen LogP contribution in [-0.4, -0.2) is 38.1 Å². The molecule has 180 valence electrons. The van der Waals surface area contributed by atoms with E-state index in [4.69, 9.17) is 0 Å². The molecule has 0 bridgehead atoms. The Kier molecular flexibility index (Phi) is 8.35. The molecule has 0 aliphatic carbocycles. The summed E-state index contributed by atoms with van der Waals surface area (Å²) in [7, 11) is -3.21. The summed E-state index contributed by atoms with van der Waals surface area (Å²) in [6.07, 6.45) is 2.15. The molecule has 1 aliphatic rings. The van der Waals surface area contributed by atoms with E-state index in [0.29, 0.717) is 10.8 Å². The molecule has 33 heavy (non-hydrogen) atoms. The summed E-state index contributed by atoms with van der Waals surface area (Å²) >= 11 is 0. The van der Waals surface area contributed by atoms with Gasteiger partial charge in [0.2, 0.25) is 5.91 Å². The zero-order valence-electron chi connectivity index (χ0n) is 20.6. The Morgan fingerprint density at radius 2 is 1.67 bits per heavy atom. The zero-order chi connectivity index (χ0) is 24.2. The Labute approximate surface area is 199 Å². The second-order valence-electron chi connectivity index (χ2n) is 10.1. The number of anilines is 1. The maximum atomic E-state index is 12.4. The van der Waals surface area contributed by atoms with Crippen LogP contribution in [0.25, 0.3) is 0 Å². The van der Waals surface area contributed by atoms with Crippen molar-refractivity contribution in [3.8, 4) is 0 Å². The minimum Gasteiger partial charge on any atom is -0.326 e. The molecule has 0 radical (unpaired) electrons. The summed E-state index contributed by atoms with van der Waals surface area (Å²) in [6.45, 7) is 12.6. The molecule has 1 fully saturated rings. The van der Waals surface area contributed by atoms with Crippen molar-refractivity contribution in [1.82, 2.24) is 4.90 Å². The number of aryl methyl sites for hydroxylation is 1. The average Bonchev–Trinajstić information content (AvgIpc) is 2.75. The van der Waals surface area contributed by atoms with Crippen molar-refractivity contribution in [2.24, 2.45) is 11.8 Å². The van der Waals surface area contributed by atoms with Crippen LogP contribution in [0.2, 0.25) is 0 Å². The predicted octanol–water partition coefficient (Wildman–Crippen LogP) is 5.40. The lowest BCUT2D eigenvalue weighted by molar-refractivity contribution is -0.118. The molecule has 3 rings (SSSR count). The van der Waals surface area contributed by atoms with Gasteiger partial charge in [-0.1, -0.05) is 45.9 Å². The zero-order valence-corrected chi connectivity index (χ0v) is 21.4. The first-order chi connectivity index (χ1) is 15.5. The summed E-state index contributed by atoms with van der Waals surface area (Å²) in [6, 6.07) is 13.6. The smallest absolute Gasteiger partial charge is 0.226 e. The highest BCUT2D eigenvalue weighted by atomic mass is 32.2. The first-order valence-electron chi connectivity index (χ1n) is 12.0. The summed E-state index contributed by atoms with van der Waals surface area (Å²) in [4.78, 5) is 14.9. The maximum absolute atomic E-state index is 12.4. The van der Waals surface area contributed by atoms with Crippen molar-refractivity contribution >= 4 is 21.4 Å². The van der Waals surface area contributed by atoms with E-state index in [1.165, 1.54) is 11.1 Å². The van der Waals surface area contributed by atoms with Crippen LogP contribution in [0.1, 0.15) is 63.1 Å². The third kappa shape index (κ3) is 6.90. The Morgan fingerprint density at radius 1 is 1.03 bits per heavy atom. The molecule has 1 amide bonds. The molecule has 1 N–H and O–H groups in total. The average molecular weight is 471 g/mol. The summed E-state index contributed by atoms with van der Waals surface area (Å²) < 4.78 is 24.8. The number of likely N-dealkylation sites (tertiary alicyclic amines) is 1. The van der Waals surface area contributed by atoms with Gasteiger partial charge in [0, 0.05) is 18.2 Å². The van der Waals surface area contributed by atoms with Crippen molar-refractivity contribution in [2.45, 2.75) is 64.8 Å². The number of hydrogen-bond donors (Lipinski definition) is 1. The molecule has 5 nitrogen and oxygen atoms in total. The molecule has 1 saturated heterocycles. The van der Waals surface area contributed by atoms with Gasteiger partial charge in [0.1, 0.15) is 0 Å². The van der Waals surface area contributed by atoms with Crippen LogP contribution >= 0.6 is 0 Å². The van der Waals surface area contributed by atoms with Gasteiger partial charge in [-0.05, 0) is 85.6 Å². The quantitative estimate of drug-likeness (QED) is 0.561. The fourth-order valence-electron chi connectivity index (χ4n) is 4.44. The van der Waals surface area contributed by atoms with Crippen molar-refractivity contribution in [3.63, 3.8) is 0 Å². The van der Waals surface area contributed by atoms with E-state index in [-0.39, 0.29) is 23.5 Å². The molecule has 2 aromatic carbocycles. The molecule has 6 heteroatoms. The number of carbonyl (C=O) groups is 1. The van der Waals surface area contributed by atoms with E-state index in [0.717, 1.165) is 43.7 Å². The van der Waals surface area contributed by atoms with Crippen molar-refractivity contribution < 1.29 is 13.2 Å². The fraction of sp³-hybridized carbons (Fsp3) is 0.519. The van der Waals surface area contributed by atoms with Gasteiger partial charge in [0.25, 0.3) is 0 Å². The summed E-state index contributed by atoms with van der Waals surface area (Å²) in [5.41, 5.74) is 4.63. The van der Waals surface area contributed by atoms with Gasteiger partial charge in [0.15, 0.2) is 9.84 Å². The standard InChI is InChI=1S/C27H38N2O3S/c1-19(2)18-33(31,32)25-10-7-22(8-11-25)17-29-14-12-23(13-15-29)26-16-24(9-6-21(26)5)28-27(30)20(3)4/h6-11,16,19-20,23H,12-15,17-18H2,1-5H3,(H,28,30). The van der Waals surface area contributed by atoms with E-state index >= 15 is 0 Å². The van der Waals surface area contributed by atoms with E-state index < -0.39 is 9.84 Å². The van der Waals surface area contributed by atoms with Crippen LogP contribution in [0, 0.1) is 18.8 Å². The lowest BCUT2D eigenvalue weighted by atomic mass is 9.86. The van der Waals surface area contributed by atoms with Crippen molar-refractivity contribution in [2.75, 3.05) is 24.2 Å². The van der Waals surface area contributed by atoms with E-state index in [2.05, 4.69) is 29.3 Å². The van der Waals surface area contributed by atoms with E-state index in [9.17, 15) is 13.2 Å². The highest BCUT2D eigenvalue weighted by molar-refractivity contribution is 7.91. The molecule has 0 atom stereocenters. The van der Waals surface area contributed by atoms with Crippen LogP contribution in [0.5, 0.6) is 0 Å². The molecule has 1 heterocycles. The number of benzene rings is 2. The first-order valence-corrected chi connectivity index (χ1v) is 13.7. The number of amides is 1. The SMILES string of the molecule is Cc1ccc(NC(=O)C(C)C)cc1C1CCN(Cc2ccc(S(=O)(=O)CC(C)C)cc2)CC1. The molecular formula is C27H38N2O3S. The third-order valence-corrected chi connectivity index (χ3v) is 8.44. The maximum Gasteiger partial charge on any atom is 0.226 e. The number of nitrogens with zero attached hydrogens (tertiary/aromatic N) is 1. The van der Waals surface area contributed by atoms with Gasteiger partial charge in [-0.3, -0.25) is 9.69 Å². The van der Waals surface area contributed by atoms with E-state index in [1.807, 2.05) is 45.9 Å². The molecule has 2 aromatic rings. The predicted molar refractivity (Wildman–Crippen MR) is 135 cm³/mol. The molecular weight excluding hydrogens is 432 g/mol. The van der Waals surface area contributed by atoms with Crippen LogP contribution < -0.4 is 5.32 Å². The Balaban J connectivity index is 1.59. The molecule has 0 spiro atoms. The molecule has 0 saturated carbocycles. The number of piperidine rings is 1. The van der Waals surface area contributed by atoms with Gasteiger partial charge >= 0.3 is 0 Å². The van der Waals surface area contributed by atoms with Crippen molar-refractivity contribution in [3.05, 3.63) is 59.2 Å². The molecule has 1 aliphatic heterocycles. The second kappa shape index (κ2) is 10.8. The van der Waals surface area contributed by atoms with Gasteiger partial charge in [-0.25, -0.2) is 8.42 Å². The van der Waals surface area contributed by atoms with Crippen LogP contribution in [-0.2, 0) is 21.2 Å². The van der Waals surface area contributed by atoms with Crippen LogP contribution in [0.3, 0.4) is 0 Å². The highest BCUT2D eigenvalue weighted by Gasteiger charge is 2.23. The molecule has 0 aromatic heterocycles. The Bertz CT molecular complexity index is 1050. The highest BCUT2D eigenvalue weighted by Crippen LogP contribution is 2.32. The Morgan fingerprint density at radius 3 is 2.24 bits per heavy atom. The summed E-state index contributed by atoms with van der Waals surface area (Å²) in [5.74, 6) is 0.791. The molecule has 0 unspecified atom stereocenters. The van der Waals surface area contributed by atoms with Gasteiger partial charge < -0.3 is 5.32 Å².